The number of H-pyrrole nitrogens is 3. The first kappa shape index (κ1) is 67.3. The van der Waals surface area contributed by atoms with Gasteiger partial charge in [0.1, 0.15) is 5.37 Å². The Balaban J connectivity index is 0.000000203. The smallest absolute Gasteiger partial charge is 0.338 e. The summed E-state index contributed by atoms with van der Waals surface area (Å²) in [6.45, 7) is 12.1. The molecule has 0 saturated carbocycles. The Bertz CT molecular complexity index is 3930. The molecule has 90 heavy (non-hydrogen) atoms. The van der Waals surface area contributed by atoms with Crippen molar-refractivity contribution in [3.05, 3.63) is 174 Å². The molecule has 2 aliphatic heterocycles. The van der Waals surface area contributed by atoms with Gasteiger partial charge in [0.15, 0.2) is 53.6 Å². The fourth-order valence-electron chi connectivity index (χ4n) is 8.52. The molecule has 0 unspecified atom stereocenters. The average molecular weight is 1270 g/mol. The number of fused-ring (bicyclic) bond motifs is 2. The normalized spacial score (nSPS) is 18.9. The molecule has 2 saturated heterocycles. The SMILES string of the molecule is CC(C)C(=O)Nc1nc2n[nH]nc2c(=O)[nH]1.CC[C@H]1S[C@@H](OC(C)=O)[C@H](OC(=O)c2ccccc2)[C@@H]1OC(=O)c1ccccc1.CC[C@H]1S[C@@H](n2nnc3c(=O)[nH]c(NC(=O)C(C)C)nc32)[C@H](OC(=O)c2ccccc2)[C@@H]1OC(=O)c1ccccc1.C[N+](=O)[O-]. The Kier molecular flexibility index (Phi) is 23.7. The van der Waals surface area contributed by atoms with Crippen molar-refractivity contribution in [2.75, 3.05) is 17.7 Å². The van der Waals surface area contributed by atoms with Gasteiger partial charge in [0.2, 0.25) is 29.4 Å². The molecular formula is C59H63N13O16S2. The standard InChI is InChI=1S/C28H28N6O6S.C22H22O6S.C8H10N6O2.CH3NO2/c1-4-18-20(39-26(37)16-11-7-5-8-12-16)21(40-27(38)17-13-9-6-10-14-17)25(41-18)34-22-19(32-33-34)24(36)31-28(29-22)30-23(35)15(2)3;1-3-17-18(27-20(24)15-10-6-4-7-11-15)19(22(29-17)26-14(2)23)28-21(25)16-12-8-5-9-13-16;1-3(2)6(15)10-8-9-5-4(7(16)11-8)12-14-13-5;1-2(3)4/h5-15,18,20-21,25H,4H2,1-3H3,(H2,29,30,31,35,36);4-13,17-19,22H,3H2,1-2H3;3H,1-2H3,(H3,9,10,11,12,13,14,15,16);1H3/t18-,20-,21-,25-;17-,18-,19-,22-;;/m11../s1. The molecule has 2 fully saturated rings. The quantitative estimate of drug-likeness (QED) is 0.0282. The third-order valence-electron chi connectivity index (χ3n) is 13.0. The Morgan fingerprint density at radius 2 is 0.967 bits per heavy atom. The molecule has 5 N–H and O–H groups in total. The average Bonchev–Trinajstić information content (AvgIpc) is 1.63. The van der Waals surface area contributed by atoms with E-state index in [1.165, 1.54) is 35.1 Å². The van der Waals surface area contributed by atoms with Crippen LogP contribution in [0.25, 0.3) is 22.3 Å². The predicted octanol–water partition coefficient (Wildman–Crippen LogP) is 6.97. The molecule has 0 aliphatic carbocycles. The van der Waals surface area contributed by atoms with Crippen molar-refractivity contribution in [2.45, 2.75) is 107 Å². The van der Waals surface area contributed by atoms with Crippen molar-refractivity contribution in [1.29, 1.82) is 0 Å². The van der Waals surface area contributed by atoms with Crippen molar-refractivity contribution < 1.29 is 62.2 Å². The van der Waals surface area contributed by atoms with Gasteiger partial charge in [-0.25, -0.2) is 23.9 Å². The number of amides is 2. The summed E-state index contributed by atoms with van der Waals surface area (Å²) in [4.78, 5) is 133. The van der Waals surface area contributed by atoms with Crippen LogP contribution in [0.3, 0.4) is 0 Å². The number of ether oxygens (including phenoxy) is 5. The molecule has 0 spiro atoms. The maximum atomic E-state index is 13.2. The van der Waals surface area contributed by atoms with E-state index >= 15 is 0 Å². The van der Waals surface area contributed by atoms with Crippen LogP contribution in [-0.2, 0) is 38.1 Å². The molecule has 6 heterocycles. The van der Waals surface area contributed by atoms with Crippen LogP contribution in [0.2, 0.25) is 0 Å². The van der Waals surface area contributed by atoms with Crippen molar-refractivity contribution in [3.63, 3.8) is 0 Å². The third kappa shape index (κ3) is 17.8. The molecule has 2 aliphatic rings. The molecule has 0 bridgehead atoms. The number of nitro groups is 1. The summed E-state index contributed by atoms with van der Waals surface area (Å²) in [5, 5.41) is 30.4. The highest BCUT2D eigenvalue weighted by atomic mass is 32.2. The van der Waals surface area contributed by atoms with Crippen LogP contribution < -0.4 is 21.8 Å². The number of aromatic nitrogens is 10. The fraction of sp³-hybridized carbons (Fsp3) is 0.339. The highest BCUT2D eigenvalue weighted by Gasteiger charge is 2.52. The Labute approximate surface area is 520 Å². The summed E-state index contributed by atoms with van der Waals surface area (Å²) >= 11 is 2.70. The number of hydrogen-bond acceptors (Lipinski definition) is 24. The Morgan fingerprint density at radius 3 is 1.39 bits per heavy atom. The van der Waals surface area contributed by atoms with Crippen LogP contribution in [0.15, 0.2) is 131 Å². The second kappa shape index (κ2) is 31.7. The molecule has 4 aromatic heterocycles. The molecule has 472 valence electrons. The van der Waals surface area contributed by atoms with Gasteiger partial charge in [0, 0.05) is 34.2 Å². The van der Waals surface area contributed by atoms with Crippen LogP contribution in [0.5, 0.6) is 0 Å². The van der Waals surface area contributed by atoms with Crippen LogP contribution >= 0.6 is 23.5 Å². The first-order valence-corrected chi connectivity index (χ1v) is 29.8. The van der Waals surface area contributed by atoms with Gasteiger partial charge in [-0.1, -0.05) is 120 Å². The molecule has 4 aromatic carbocycles. The summed E-state index contributed by atoms with van der Waals surface area (Å²) in [7, 11) is 0.889. The number of rotatable bonds is 16. The second-order valence-corrected chi connectivity index (χ2v) is 22.9. The summed E-state index contributed by atoms with van der Waals surface area (Å²) < 4.78 is 30.1. The van der Waals surface area contributed by atoms with Gasteiger partial charge in [-0.3, -0.25) is 54.7 Å². The van der Waals surface area contributed by atoms with Gasteiger partial charge in [0.05, 0.1) is 22.3 Å². The minimum absolute atomic E-state index is 0.0564. The van der Waals surface area contributed by atoms with Crippen molar-refractivity contribution in [3.8, 4) is 0 Å². The van der Waals surface area contributed by atoms with E-state index in [9.17, 15) is 43.2 Å². The van der Waals surface area contributed by atoms with Gasteiger partial charge in [-0.2, -0.15) is 15.2 Å². The van der Waals surface area contributed by atoms with Crippen molar-refractivity contribution >= 4 is 99.4 Å². The number of esters is 5. The van der Waals surface area contributed by atoms with Crippen LogP contribution in [0.4, 0.5) is 11.9 Å². The molecule has 2 amide bonds. The molecule has 10 rings (SSSR count). The van der Waals surface area contributed by atoms with E-state index in [-0.39, 0.29) is 68.4 Å². The van der Waals surface area contributed by atoms with E-state index in [1.807, 2.05) is 13.8 Å². The predicted molar refractivity (Wildman–Crippen MR) is 329 cm³/mol. The van der Waals surface area contributed by atoms with Crippen molar-refractivity contribution in [2.24, 2.45) is 11.8 Å². The lowest BCUT2D eigenvalue weighted by Crippen LogP contribution is -2.41. The third-order valence-corrected chi connectivity index (χ3v) is 16.2. The van der Waals surface area contributed by atoms with Gasteiger partial charge < -0.3 is 23.7 Å². The summed E-state index contributed by atoms with van der Waals surface area (Å²) in [6.07, 6.45) is -2.29. The number of hydrogen-bond donors (Lipinski definition) is 5. The van der Waals surface area contributed by atoms with E-state index in [0.29, 0.717) is 35.1 Å². The zero-order chi connectivity index (χ0) is 65.2. The summed E-state index contributed by atoms with van der Waals surface area (Å²) in [5.41, 5.74) is -0.0457. The summed E-state index contributed by atoms with van der Waals surface area (Å²) in [5.74, 6) is -3.85. The number of nitrogens with zero attached hydrogens (tertiary/aromatic N) is 8. The van der Waals surface area contributed by atoms with Gasteiger partial charge in [-0.05, 0) is 61.4 Å². The number of thioether (sulfide) groups is 2. The zero-order valence-electron chi connectivity index (χ0n) is 49.7. The van der Waals surface area contributed by atoms with Gasteiger partial charge in [-0.15, -0.1) is 38.8 Å². The van der Waals surface area contributed by atoms with Gasteiger partial charge in [0.25, 0.3) is 11.1 Å². The minimum Gasteiger partial charge on any atom is -0.454 e. The van der Waals surface area contributed by atoms with Gasteiger partial charge >= 0.3 is 29.8 Å². The van der Waals surface area contributed by atoms with Crippen LogP contribution in [0, 0.1) is 22.0 Å². The first-order chi connectivity index (χ1) is 43.1. The van der Waals surface area contributed by atoms with Crippen LogP contribution in [-0.4, -0.2) is 144 Å². The van der Waals surface area contributed by atoms with Crippen LogP contribution in [0.1, 0.15) is 108 Å². The monoisotopic (exact) mass is 1270 g/mol. The summed E-state index contributed by atoms with van der Waals surface area (Å²) in [6, 6.07) is 34.1. The van der Waals surface area contributed by atoms with Crippen molar-refractivity contribution in [1.82, 2.24) is 50.3 Å². The molecule has 8 atom stereocenters. The zero-order valence-corrected chi connectivity index (χ0v) is 51.3. The Morgan fingerprint density at radius 1 is 0.578 bits per heavy atom. The van der Waals surface area contributed by atoms with E-state index < -0.39 is 81.1 Å². The molecule has 31 heteroatoms. The van der Waals surface area contributed by atoms with E-state index in [1.54, 1.807) is 149 Å². The second-order valence-electron chi connectivity index (χ2n) is 20.2. The number of benzene rings is 4. The lowest BCUT2D eigenvalue weighted by atomic mass is 10.1. The topological polar surface area (TPSA) is 397 Å². The fourth-order valence-corrected chi connectivity index (χ4v) is 11.5. The number of aromatic amines is 3. The number of carbonyl (C=O) groups excluding carboxylic acids is 7. The molecular weight excluding hydrogens is 1210 g/mol. The van der Waals surface area contributed by atoms with E-state index in [2.05, 4.69) is 56.3 Å². The molecule has 0 radical (unpaired) electrons. The molecule has 29 nitrogen and oxygen atoms in total. The Hall–Kier alpha value is -10.2. The first-order valence-electron chi connectivity index (χ1n) is 27.9. The minimum atomic E-state index is -1.01. The molecule has 8 aromatic rings. The number of carbonyl (C=O) groups is 7. The lowest BCUT2D eigenvalue weighted by Gasteiger charge is -2.25. The largest absolute Gasteiger partial charge is 0.454 e. The van der Waals surface area contributed by atoms with E-state index in [4.69, 9.17) is 33.8 Å². The number of anilines is 2. The highest BCUT2D eigenvalue weighted by Crippen LogP contribution is 2.47. The maximum absolute atomic E-state index is 13.2. The highest BCUT2D eigenvalue weighted by molar-refractivity contribution is 8.00. The maximum Gasteiger partial charge on any atom is 0.338 e. The van der Waals surface area contributed by atoms with E-state index in [0.717, 1.165) is 7.05 Å². The lowest BCUT2D eigenvalue weighted by molar-refractivity contribution is -0.445. The number of nitrogens with one attached hydrogen (secondary N) is 5.